The van der Waals surface area contributed by atoms with Gasteiger partial charge in [-0.25, -0.2) is 9.97 Å². The summed E-state index contributed by atoms with van der Waals surface area (Å²) in [7, 11) is 1.94. The Hall–Kier alpha value is -2.01. The van der Waals surface area contributed by atoms with Crippen LogP contribution < -0.4 is 10.6 Å². The van der Waals surface area contributed by atoms with Gasteiger partial charge in [-0.2, -0.15) is 0 Å². The molecule has 0 unspecified atom stereocenters. The lowest BCUT2D eigenvalue weighted by Gasteiger charge is -2.19. The molecule has 1 aromatic carbocycles. The molecule has 0 radical (unpaired) electrons. The maximum absolute atomic E-state index is 5.65. The van der Waals surface area contributed by atoms with Gasteiger partial charge in [-0.15, -0.1) is 0 Å². The van der Waals surface area contributed by atoms with E-state index in [4.69, 9.17) is 18.0 Å². The average Bonchev–Trinajstić information content (AvgIpc) is 2.40. The molecule has 1 heterocycles. The fraction of sp³-hybridized carbons (Fsp3) is 0.154. The van der Waals surface area contributed by atoms with E-state index in [9.17, 15) is 0 Å². The van der Waals surface area contributed by atoms with Gasteiger partial charge in [0.25, 0.3) is 0 Å². The van der Waals surface area contributed by atoms with E-state index in [1.807, 2.05) is 30.1 Å². The van der Waals surface area contributed by atoms with Crippen molar-refractivity contribution < 1.29 is 0 Å². The minimum absolute atomic E-state index is 0.262. The van der Waals surface area contributed by atoms with Crippen LogP contribution in [-0.2, 0) is 6.54 Å². The maximum Gasteiger partial charge on any atom is 0.157 e. The number of thiocarbonyl (C=S) groups is 1. The summed E-state index contributed by atoms with van der Waals surface area (Å²) in [5.41, 5.74) is 7.40. The molecule has 4 nitrogen and oxygen atoms in total. The molecule has 0 aliphatic rings. The first-order valence-electron chi connectivity index (χ1n) is 5.54. The molecule has 92 valence electrons. The minimum atomic E-state index is 0.262. The van der Waals surface area contributed by atoms with Gasteiger partial charge in [-0.05, 0) is 5.56 Å². The van der Waals surface area contributed by atoms with E-state index >= 15 is 0 Å². The van der Waals surface area contributed by atoms with E-state index < -0.39 is 0 Å². The molecule has 0 amide bonds. The standard InChI is InChI=1S/C13H14N4S/c1-17(9-10-5-3-2-4-6-10)13-11(12(14)18)15-7-8-16-13/h2-8H,9H2,1H3,(H2,14,18). The molecule has 0 fully saturated rings. The van der Waals surface area contributed by atoms with Crippen molar-refractivity contribution >= 4 is 23.0 Å². The number of anilines is 1. The lowest BCUT2D eigenvalue weighted by Crippen LogP contribution is -2.23. The summed E-state index contributed by atoms with van der Waals surface area (Å²) in [5, 5.41) is 0. The zero-order valence-electron chi connectivity index (χ0n) is 10.1. The molecule has 5 heteroatoms. The van der Waals surface area contributed by atoms with Gasteiger partial charge in [0.2, 0.25) is 0 Å². The highest BCUT2D eigenvalue weighted by atomic mass is 32.1. The van der Waals surface area contributed by atoms with Crippen LogP contribution in [-0.4, -0.2) is 22.0 Å². The van der Waals surface area contributed by atoms with Gasteiger partial charge in [0.1, 0.15) is 10.7 Å². The summed E-state index contributed by atoms with van der Waals surface area (Å²) in [4.78, 5) is 10.7. The predicted octanol–water partition coefficient (Wildman–Crippen LogP) is 1.75. The summed E-state index contributed by atoms with van der Waals surface area (Å²) in [5.74, 6) is 0.703. The van der Waals surface area contributed by atoms with Crippen LogP contribution in [0.3, 0.4) is 0 Å². The summed E-state index contributed by atoms with van der Waals surface area (Å²) in [6.07, 6.45) is 3.23. The number of rotatable bonds is 4. The highest BCUT2D eigenvalue weighted by Gasteiger charge is 2.12. The summed E-state index contributed by atoms with van der Waals surface area (Å²) in [6, 6.07) is 10.1. The van der Waals surface area contributed by atoms with Crippen LogP contribution >= 0.6 is 12.2 Å². The molecule has 0 aliphatic carbocycles. The minimum Gasteiger partial charge on any atom is -0.388 e. The van der Waals surface area contributed by atoms with Crippen LogP contribution in [0.15, 0.2) is 42.7 Å². The number of aromatic nitrogens is 2. The zero-order chi connectivity index (χ0) is 13.0. The molecule has 18 heavy (non-hydrogen) atoms. The lowest BCUT2D eigenvalue weighted by atomic mass is 10.2. The van der Waals surface area contributed by atoms with E-state index in [1.54, 1.807) is 12.4 Å². The van der Waals surface area contributed by atoms with Crippen LogP contribution in [0.5, 0.6) is 0 Å². The first-order valence-corrected chi connectivity index (χ1v) is 5.95. The van der Waals surface area contributed by atoms with Crippen molar-refractivity contribution in [2.24, 2.45) is 5.73 Å². The highest BCUT2D eigenvalue weighted by Crippen LogP contribution is 2.15. The molecule has 0 spiro atoms. The molecule has 2 aromatic rings. The second kappa shape index (κ2) is 5.55. The third kappa shape index (κ3) is 2.81. The number of hydrogen-bond donors (Lipinski definition) is 1. The van der Waals surface area contributed by atoms with Crippen LogP contribution in [0.2, 0.25) is 0 Å². The van der Waals surface area contributed by atoms with Crippen LogP contribution in [0.25, 0.3) is 0 Å². The SMILES string of the molecule is CN(Cc1ccccc1)c1nccnc1C(N)=S. The van der Waals surface area contributed by atoms with E-state index in [0.29, 0.717) is 11.5 Å². The first-order chi connectivity index (χ1) is 8.68. The van der Waals surface area contributed by atoms with Crippen molar-refractivity contribution in [3.8, 4) is 0 Å². The number of nitrogens with zero attached hydrogens (tertiary/aromatic N) is 3. The van der Waals surface area contributed by atoms with Crippen molar-refractivity contribution in [3.05, 3.63) is 54.0 Å². The fourth-order valence-corrected chi connectivity index (χ4v) is 1.86. The van der Waals surface area contributed by atoms with Gasteiger partial charge in [0.05, 0.1) is 0 Å². The maximum atomic E-state index is 5.65. The van der Waals surface area contributed by atoms with Crippen LogP contribution in [0.1, 0.15) is 11.3 Å². The van der Waals surface area contributed by atoms with Crippen molar-refractivity contribution in [2.75, 3.05) is 11.9 Å². The summed E-state index contributed by atoms with van der Waals surface area (Å²) in [6.45, 7) is 0.731. The molecule has 2 rings (SSSR count). The predicted molar refractivity (Wildman–Crippen MR) is 76.5 cm³/mol. The molecule has 0 saturated carbocycles. The Kier molecular flexibility index (Phi) is 3.84. The van der Waals surface area contributed by atoms with Crippen LogP contribution in [0, 0.1) is 0 Å². The zero-order valence-corrected chi connectivity index (χ0v) is 10.9. The van der Waals surface area contributed by atoms with Gasteiger partial charge in [0.15, 0.2) is 5.82 Å². The molecular weight excluding hydrogens is 244 g/mol. The van der Waals surface area contributed by atoms with Gasteiger partial charge in [-0.3, -0.25) is 0 Å². The van der Waals surface area contributed by atoms with Gasteiger partial charge in [-0.1, -0.05) is 42.5 Å². The summed E-state index contributed by atoms with van der Waals surface area (Å²) >= 11 is 4.98. The third-order valence-electron chi connectivity index (χ3n) is 2.54. The second-order valence-electron chi connectivity index (χ2n) is 3.93. The normalized spacial score (nSPS) is 10.1. The first kappa shape index (κ1) is 12.4. The number of nitrogens with two attached hydrogens (primary N) is 1. The second-order valence-corrected chi connectivity index (χ2v) is 4.37. The van der Waals surface area contributed by atoms with Crippen molar-refractivity contribution in [2.45, 2.75) is 6.54 Å². The highest BCUT2D eigenvalue weighted by molar-refractivity contribution is 7.80. The van der Waals surface area contributed by atoms with Gasteiger partial charge in [0, 0.05) is 26.0 Å². The van der Waals surface area contributed by atoms with Crippen molar-refractivity contribution in [1.82, 2.24) is 9.97 Å². The molecule has 0 atom stereocenters. The molecule has 0 bridgehead atoms. The van der Waals surface area contributed by atoms with Crippen molar-refractivity contribution in [3.63, 3.8) is 0 Å². The third-order valence-corrected chi connectivity index (χ3v) is 2.73. The summed E-state index contributed by atoms with van der Waals surface area (Å²) < 4.78 is 0. The van der Waals surface area contributed by atoms with E-state index in [-0.39, 0.29) is 4.99 Å². The quantitative estimate of drug-likeness (QED) is 0.847. The number of benzene rings is 1. The van der Waals surface area contributed by atoms with Gasteiger partial charge >= 0.3 is 0 Å². The Bertz CT molecular complexity index is 542. The lowest BCUT2D eigenvalue weighted by molar-refractivity contribution is 0.887. The Balaban J connectivity index is 2.24. The Morgan fingerprint density at radius 2 is 1.89 bits per heavy atom. The topological polar surface area (TPSA) is 55.0 Å². The van der Waals surface area contributed by atoms with E-state index in [2.05, 4.69) is 22.1 Å². The van der Waals surface area contributed by atoms with Crippen molar-refractivity contribution in [1.29, 1.82) is 0 Å². The monoisotopic (exact) mass is 258 g/mol. The van der Waals surface area contributed by atoms with E-state index in [0.717, 1.165) is 6.54 Å². The Morgan fingerprint density at radius 3 is 2.56 bits per heavy atom. The smallest absolute Gasteiger partial charge is 0.157 e. The van der Waals surface area contributed by atoms with Gasteiger partial charge < -0.3 is 10.6 Å². The molecule has 0 saturated heterocycles. The molecule has 0 aliphatic heterocycles. The van der Waals surface area contributed by atoms with Crippen LogP contribution in [0.4, 0.5) is 5.82 Å². The molecular formula is C13H14N4S. The Morgan fingerprint density at radius 1 is 1.22 bits per heavy atom. The fourth-order valence-electron chi connectivity index (χ4n) is 1.72. The molecule has 2 N–H and O–H groups in total. The number of hydrogen-bond acceptors (Lipinski definition) is 4. The average molecular weight is 258 g/mol. The van der Waals surface area contributed by atoms with E-state index in [1.165, 1.54) is 5.56 Å². The largest absolute Gasteiger partial charge is 0.388 e. The Labute approximate surface area is 111 Å². The molecule has 1 aromatic heterocycles.